The van der Waals surface area contributed by atoms with Gasteiger partial charge in [0.25, 0.3) is 5.91 Å². The maximum Gasteiger partial charge on any atom is 0.257 e. The summed E-state index contributed by atoms with van der Waals surface area (Å²) in [6.45, 7) is 3.41. The summed E-state index contributed by atoms with van der Waals surface area (Å²) in [6.07, 6.45) is 8.03. The number of nitrogen functional groups attached to an aromatic ring is 1. The van der Waals surface area contributed by atoms with Crippen molar-refractivity contribution in [1.82, 2.24) is 19.5 Å². The summed E-state index contributed by atoms with van der Waals surface area (Å²) in [5.41, 5.74) is 12.6. The topological polar surface area (TPSA) is 76.5 Å². The SMILES string of the molecule is Cc1ccccc1-c1c(C(=O)N2CCC3(C=Cc4ccccc43)CC2)cnc2c(Br)c(N)nn12. The standard InChI is InChI=1S/C27H24BrN5O/c1-17-6-2-4-8-19(17)23-20(16-30-25-22(28)24(29)31-33(23)25)26(34)32-14-12-27(13-15-32)11-10-18-7-3-5-9-21(18)27/h2-11,16H,12-15H2,1H3,(H2,29,31). The lowest BCUT2D eigenvalue weighted by Crippen LogP contribution is -2.44. The van der Waals surface area contributed by atoms with Crippen LogP contribution in [0.25, 0.3) is 23.0 Å². The molecule has 170 valence electrons. The second-order valence-electron chi connectivity index (χ2n) is 9.14. The fraction of sp³-hybridized carbons (Fsp3) is 0.222. The highest BCUT2D eigenvalue weighted by molar-refractivity contribution is 9.10. The highest BCUT2D eigenvalue weighted by Crippen LogP contribution is 2.44. The molecule has 6 rings (SSSR count). The lowest BCUT2D eigenvalue weighted by Gasteiger charge is -2.39. The van der Waals surface area contributed by atoms with Gasteiger partial charge in [0, 0.05) is 30.3 Å². The number of amides is 1. The number of fused-ring (bicyclic) bond motifs is 3. The molecule has 1 aliphatic carbocycles. The Morgan fingerprint density at radius 1 is 1.09 bits per heavy atom. The molecule has 2 aromatic carbocycles. The molecule has 2 N–H and O–H groups in total. The number of allylic oxidation sites excluding steroid dienone is 1. The molecule has 6 nitrogen and oxygen atoms in total. The van der Waals surface area contributed by atoms with E-state index in [0.717, 1.165) is 29.7 Å². The molecule has 0 bridgehead atoms. The Balaban J connectivity index is 1.39. The Labute approximate surface area is 206 Å². The van der Waals surface area contributed by atoms with Crippen LogP contribution in [0.5, 0.6) is 0 Å². The van der Waals surface area contributed by atoms with Crippen molar-refractivity contribution in [3.63, 3.8) is 0 Å². The third-order valence-corrected chi connectivity index (χ3v) is 8.03. The first-order chi connectivity index (χ1) is 16.5. The largest absolute Gasteiger partial charge is 0.381 e. The molecule has 7 heteroatoms. The summed E-state index contributed by atoms with van der Waals surface area (Å²) in [6, 6.07) is 16.6. The van der Waals surface area contributed by atoms with Gasteiger partial charge >= 0.3 is 0 Å². The third-order valence-electron chi connectivity index (χ3n) is 7.27. The minimum atomic E-state index is -0.0250. The van der Waals surface area contributed by atoms with E-state index in [1.807, 2.05) is 36.1 Å². The number of carbonyl (C=O) groups excluding carboxylic acids is 1. The van der Waals surface area contributed by atoms with E-state index in [4.69, 9.17) is 5.73 Å². The Hall–Kier alpha value is -3.45. The zero-order chi connectivity index (χ0) is 23.4. The average molecular weight is 514 g/mol. The van der Waals surface area contributed by atoms with E-state index in [0.29, 0.717) is 34.6 Å². The van der Waals surface area contributed by atoms with Gasteiger partial charge in [-0.1, -0.05) is 60.7 Å². The van der Waals surface area contributed by atoms with Gasteiger partial charge < -0.3 is 10.6 Å². The third kappa shape index (κ3) is 3.10. The Kier molecular flexibility index (Phi) is 4.85. The van der Waals surface area contributed by atoms with Crippen molar-refractivity contribution < 1.29 is 4.79 Å². The minimum Gasteiger partial charge on any atom is -0.381 e. The van der Waals surface area contributed by atoms with Crippen molar-refractivity contribution in [2.75, 3.05) is 18.8 Å². The number of benzene rings is 2. The van der Waals surface area contributed by atoms with Crippen LogP contribution in [0.15, 0.2) is 65.3 Å². The predicted molar refractivity (Wildman–Crippen MR) is 138 cm³/mol. The summed E-state index contributed by atoms with van der Waals surface area (Å²) < 4.78 is 2.32. The first kappa shape index (κ1) is 21.1. The number of piperidine rings is 1. The van der Waals surface area contributed by atoms with Crippen molar-refractivity contribution >= 4 is 39.4 Å². The lowest BCUT2D eigenvalue weighted by atomic mass is 9.74. The van der Waals surface area contributed by atoms with Gasteiger partial charge in [0.15, 0.2) is 11.5 Å². The number of likely N-dealkylation sites (tertiary alicyclic amines) is 1. The number of rotatable bonds is 2. The second-order valence-corrected chi connectivity index (χ2v) is 9.93. The van der Waals surface area contributed by atoms with E-state index < -0.39 is 0 Å². The lowest BCUT2D eigenvalue weighted by molar-refractivity contribution is 0.0690. The minimum absolute atomic E-state index is 0.0235. The van der Waals surface area contributed by atoms with Crippen LogP contribution in [-0.4, -0.2) is 38.5 Å². The summed E-state index contributed by atoms with van der Waals surface area (Å²) >= 11 is 3.49. The molecule has 1 spiro atoms. The number of nitrogens with two attached hydrogens (primary N) is 1. The number of aromatic nitrogens is 3. The van der Waals surface area contributed by atoms with Gasteiger partial charge in [-0.05, 0) is 52.4 Å². The number of halogens is 1. The molecule has 3 heterocycles. The van der Waals surface area contributed by atoms with Crippen molar-refractivity contribution in [3.05, 3.63) is 87.5 Å². The second kappa shape index (κ2) is 7.81. The number of carbonyl (C=O) groups is 1. The zero-order valence-electron chi connectivity index (χ0n) is 18.8. The maximum atomic E-state index is 13.9. The number of aryl methyl sites for hydroxylation is 1. The Morgan fingerprint density at radius 3 is 2.62 bits per heavy atom. The molecule has 0 radical (unpaired) electrons. The molecule has 4 aromatic rings. The average Bonchev–Trinajstić information content (AvgIpc) is 3.36. The quantitative estimate of drug-likeness (QED) is 0.397. The first-order valence-electron chi connectivity index (χ1n) is 11.5. The number of nitrogens with zero attached hydrogens (tertiary/aromatic N) is 4. The van der Waals surface area contributed by atoms with Crippen LogP contribution in [0.1, 0.15) is 39.9 Å². The molecule has 1 aliphatic heterocycles. The van der Waals surface area contributed by atoms with Gasteiger partial charge in [-0.3, -0.25) is 4.79 Å². The van der Waals surface area contributed by atoms with Crippen LogP contribution in [-0.2, 0) is 5.41 Å². The van der Waals surface area contributed by atoms with E-state index in [1.165, 1.54) is 11.1 Å². The van der Waals surface area contributed by atoms with E-state index >= 15 is 0 Å². The molecule has 1 amide bonds. The van der Waals surface area contributed by atoms with Crippen molar-refractivity contribution in [1.29, 1.82) is 0 Å². The normalized spacial score (nSPS) is 16.4. The number of hydrogen-bond donors (Lipinski definition) is 1. The van der Waals surface area contributed by atoms with Crippen LogP contribution >= 0.6 is 15.9 Å². The van der Waals surface area contributed by atoms with Gasteiger partial charge in [-0.15, -0.1) is 5.10 Å². The number of anilines is 1. The molecule has 0 saturated carbocycles. The van der Waals surface area contributed by atoms with Gasteiger partial charge in [-0.2, -0.15) is 0 Å². The van der Waals surface area contributed by atoms with E-state index in [2.05, 4.69) is 62.4 Å². The van der Waals surface area contributed by atoms with Gasteiger partial charge in [0.2, 0.25) is 0 Å². The van der Waals surface area contributed by atoms with Crippen LogP contribution in [0.4, 0.5) is 5.82 Å². The van der Waals surface area contributed by atoms with Gasteiger partial charge in [0.1, 0.15) is 4.47 Å². The Morgan fingerprint density at radius 2 is 1.82 bits per heavy atom. The van der Waals surface area contributed by atoms with Crippen LogP contribution in [0.3, 0.4) is 0 Å². The van der Waals surface area contributed by atoms with Crippen molar-refractivity contribution in [2.45, 2.75) is 25.2 Å². The predicted octanol–water partition coefficient (Wildman–Crippen LogP) is 5.25. The van der Waals surface area contributed by atoms with Crippen LogP contribution in [0, 0.1) is 6.92 Å². The first-order valence-corrected chi connectivity index (χ1v) is 12.2. The fourth-order valence-electron chi connectivity index (χ4n) is 5.38. The fourth-order valence-corrected chi connectivity index (χ4v) is 5.73. The van der Waals surface area contributed by atoms with Crippen molar-refractivity contribution in [3.8, 4) is 11.3 Å². The van der Waals surface area contributed by atoms with E-state index in [9.17, 15) is 4.79 Å². The summed E-state index contributed by atoms with van der Waals surface area (Å²) in [5, 5.41) is 4.51. The zero-order valence-corrected chi connectivity index (χ0v) is 20.4. The van der Waals surface area contributed by atoms with E-state index in [1.54, 1.807) is 10.7 Å². The molecule has 34 heavy (non-hydrogen) atoms. The molecule has 2 aromatic heterocycles. The number of hydrogen-bond acceptors (Lipinski definition) is 4. The summed E-state index contributed by atoms with van der Waals surface area (Å²) in [7, 11) is 0. The molecule has 0 unspecified atom stereocenters. The highest BCUT2D eigenvalue weighted by atomic mass is 79.9. The molecule has 1 saturated heterocycles. The van der Waals surface area contributed by atoms with E-state index in [-0.39, 0.29) is 11.3 Å². The molecule has 2 aliphatic rings. The van der Waals surface area contributed by atoms with Crippen molar-refractivity contribution in [2.24, 2.45) is 0 Å². The van der Waals surface area contributed by atoms with Crippen LogP contribution in [0.2, 0.25) is 0 Å². The van der Waals surface area contributed by atoms with Gasteiger partial charge in [-0.25, -0.2) is 9.50 Å². The van der Waals surface area contributed by atoms with Crippen LogP contribution < -0.4 is 5.73 Å². The smallest absolute Gasteiger partial charge is 0.257 e. The summed E-state index contributed by atoms with van der Waals surface area (Å²) in [4.78, 5) is 20.4. The molecule has 1 fully saturated rings. The molecular formula is C27H24BrN5O. The highest BCUT2D eigenvalue weighted by Gasteiger charge is 2.39. The maximum absolute atomic E-state index is 13.9. The monoisotopic (exact) mass is 513 g/mol. The molecule has 0 atom stereocenters. The Bertz CT molecular complexity index is 1480. The van der Waals surface area contributed by atoms with Gasteiger partial charge in [0.05, 0.1) is 11.3 Å². The molecular weight excluding hydrogens is 490 g/mol. The summed E-state index contributed by atoms with van der Waals surface area (Å²) in [5.74, 6) is 0.321.